The first kappa shape index (κ1) is 42.7. The molecular formula is C29H42N4O19. The predicted octanol–water partition coefficient (Wildman–Crippen LogP) is -6.55. The van der Waals surface area contributed by atoms with E-state index in [1.807, 2.05) is 0 Å². The fourth-order valence-corrected chi connectivity index (χ4v) is 6.31. The van der Waals surface area contributed by atoms with E-state index in [4.69, 9.17) is 49.7 Å². The molecule has 0 aromatic rings. The topological polar surface area (TPSA) is 340 Å². The van der Waals surface area contributed by atoms with Crippen LogP contribution in [0.5, 0.6) is 0 Å². The molecule has 0 aromatic heterocycles. The number of aliphatic carboxylic acids is 1. The van der Waals surface area contributed by atoms with E-state index in [2.05, 4.69) is 20.8 Å². The molecule has 6 aliphatic rings. The molecule has 23 nitrogen and oxygen atoms in total. The summed E-state index contributed by atoms with van der Waals surface area (Å²) in [7, 11) is 0. The summed E-state index contributed by atoms with van der Waals surface area (Å²) in [4.78, 5) is 63.3. The molecule has 0 spiro atoms. The lowest BCUT2D eigenvalue weighted by atomic mass is 9.88. The number of rotatable bonds is 5. The van der Waals surface area contributed by atoms with Gasteiger partial charge in [0.25, 0.3) is 0 Å². The summed E-state index contributed by atoms with van der Waals surface area (Å²) in [6.07, 6.45) is -10.1. The molecule has 0 aromatic carbocycles. The van der Waals surface area contributed by atoms with Gasteiger partial charge in [-0.1, -0.05) is 0 Å². The van der Waals surface area contributed by atoms with Crippen molar-refractivity contribution in [3.63, 3.8) is 0 Å². The molecule has 0 radical (unpaired) electrons. The SMILES string of the molecule is CC(=O)N[C@H]1[C@H]2OC[C@](C(=O)O)(O2)[C@H](O)[C@@H]1O.CC(=O)N[C@H]1[C@H]2OC[C@](C)(O2)[C@H](O)[C@@H]1O.O=C=O.[C-]#[N+]C[C@@]12CO[C@@H](O1)[C@H](NC(C)=O)[C@@H](O)[C@H]2O. The van der Waals surface area contributed by atoms with Crippen LogP contribution >= 0.6 is 0 Å². The fourth-order valence-electron chi connectivity index (χ4n) is 6.31. The predicted molar refractivity (Wildman–Crippen MR) is 159 cm³/mol. The smallest absolute Gasteiger partial charge is 0.373 e. The van der Waals surface area contributed by atoms with Gasteiger partial charge in [0.2, 0.25) is 29.9 Å². The summed E-state index contributed by atoms with van der Waals surface area (Å²) >= 11 is 0. The highest BCUT2D eigenvalue weighted by Gasteiger charge is 2.64. The van der Waals surface area contributed by atoms with Gasteiger partial charge in [-0.3, -0.25) is 14.4 Å². The summed E-state index contributed by atoms with van der Waals surface area (Å²) in [6.45, 7) is 12.2. The van der Waals surface area contributed by atoms with Gasteiger partial charge < -0.3 is 85.0 Å². The second-order valence-electron chi connectivity index (χ2n) is 12.8. The number of ether oxygens (including phenoxy) is 6. The Morgan fingerprint density at radius 2 is 1.10 bits per heavy atom. The fraction of sp³-hybridized carbons (Fsp3) is 0.793. The van der Waals surface area contributed by atoms with Crippen molar-refractivity contribution in [2.24, 2.45) is 0 Å². The normalized spacial score (nSPS) is 43.2. The van der Waals surface area contributed by atoms with Crippen LogP contribution < -0.4 is 16.0 Å². The summed E-state index contributed by atoms with van der Waals surface area (Å²) < 4.78 is 31.6. The average molecular weight is 751 g/mol. The highest BCUT2D eigenvalue weighted by atomic mass is 16.8. The standard InChI is InChI=1S/C10H14N2O5.C9H13NO7.C9H15NO5.CO2/c1-5(13)12-6-7(14)8(15)10(3-11-2)4-16-9(6)17-10;1-3(11)10-4-5(12)6(13)9(8(14)15)2-16-7(4)17-9;1-4(11)10-5-6(12)7(13)9(2)3-14-8(5)15-9;2-1-3/h6-9,14-15H,3-4H2,1H3,(H,12,13);4-7,12-13H,2H2,1H3,(H,10,11)(H,14,15);5-8,12-13H,3H2,1-2H3,(H,10,11);/t6-,7-,8-,9+,10+;4-,5-,6-,7+,9+;5-,6-,7-,8+,9+;/m111./s1. The van der Waals surface area contributed by atoms with E-state index in [-0.39, 0.29) is 44.3 Å². The van der Waals surface area contributed by atoms with Gasteiger partial charge in [-0.15, -0.1) is 0 Å². The zero-order valence-corrected chi connectivity index (χ0v) is 28.2. The maximum atomic E-state index is 11.1. The van der Waals surface area contributed by atoms with Crippen LogP contribution in [0.1, 0.15) is 27.7 Å². The summed E-state index contributed by atoms with van der Waals surface area (Å²) in [5.74, 6) is -2.50. The Balaban J connectivity index is 0.000000203. The van der Waals surface area contributed by atoms with Crippen molar-refractivity contribution in [3.8, 4) is 0 Å². The Labute approximate surface area is 294 Å². The molecular weight excluding hydrogens is 708 g/mol. The minimum atomic E-state index is -1.96. The molecule has 6 saturated heterocycles. The van der Waals surface area contributed by atoms with E-state index < -0.39 is 102 Å². The van der Waals surface area contributed by atoms with Crippen molar-refractivity contribution >= 4 is 29.8 Å². The number of carbonyl (C=O) groups excluding carboxylic acids is 5. The van der Waals surface area contributed by atoms with Gasteiger partial charge in [-0.2, -0.15) is 9.59 Å². The first-order chi connectivity index (χ1) is 24.2. The molecule has 52 heavy (non-hydrogen) atoms. The second-order valence-corrected chi connectivity index (χ2v) is 12.8. The van der Waals surface area contributed by atoms with E-state index in [9.17, 15) is 49.8 Å². The maximum Gasteiger partial charge on any atom is 0.373 e. The van der Waals surface area contributed by atoms with E-state index in [1.165, 1.54) is 20.8 Å². The first-order valence-corrected chi connectivity index (χ1v) is 15.6. The number of aliphatic hydroxyl groups excluding tert-OH is 6. The van der Waals surface area contributed by atoms with Gasteiger partial charge in [0, 0.05) is 20.8 Å². The number of carboxylic acid groups (broad SMARTS) is 1. The van der Waals surface area contributed by atoms with Crippen molar-refractivity contribution in [2.45, 2.75) is 118 Å². The highest BCUT2D eigenvalue weighted by molar-refractivity contribution is 5.80. The number of hydrogen-bond acceptors (Lipinski definition) is 18. The van der Waals surface area contributed by atoms with Gasteiger partial charge in [0.1, 0.15) is 60.4 Å². The van der Waals surface area contributed by atoms with E-state index in [1.54, 1.807) is 6.92 Å². The summed E-state index contributed by atoms with van der Waals surface area (Å²) in [5, 5.41) is 75.4. The van der Waals surface area contributed by atoms with Crippen molar-refractivity contribution in [1.29, 1.82) is 0 Å². The minimum Gasteiger partial charge on any atom is -0.479 e. The van der Waals surface area contributed by atoms with Gasteiger partial charge in [0.15, 0.2) is 24.5 Å². The molecule has 6 heterocycles. The Bertz CT molecular complexity index is 1410. The number of amides is 3. The van der Waals surface area contributed by atoms with Crippen molar-refractivity contribution in [1.82, 2.24) is 16.0 Å². The molecule has 3 amide bonds. The number of carbonyl (C=O) groups is 4. The van der Waals surface area contributed by atoms with Crippen molar-refractivity contribution in [2.75, 3.05) is 26.4 Å². The number of nitrogens with zero attached hydrogens (tertiary/aromatic N) is 1. The minimum absolute atomic E-state index is 0.0361. The molecule has 23 heteroatoms. The molecule has 0 unspecified atom stereocenters. The van der Waals surface area contributed by atoms with Crippen LogP contribution in [-0.4, -0.2) is 182 Å². The lowest BCUT2D eigenvalue weighted by Gasteiger charge is -2.40. The van der Waals surface area contributed by atoms with Gasteiger partial charge >= 0.3 is 12.1 Å². The number of aliphatic hydroxyl groups is 6. The van der Waals surface area contributed by atoms with Gasteiger partial charge in [-0.25, -0.2) is 11.4 Å². The lowest BCUT2D eigenvalue weighted by molar-refractivity contribution is -0.231. The molecule has 6 fully saturated rings. The molecule has 15 atom stereocenters. The highest BCUT2D eigenvalue weighted by Crippen LogP contribution is 2.39. The number of fused-ring (bicyclic) bond motifs is 6. The zero-order chi connectivity index (χ0) is 39.3. The van der Waals surface area contributed by atoms with Crippen LogP contribution in [0.15, 0.2) is 0 Å². The van der Waals surface area contributed by atoms with Crippen LogP contribution in [0.2, 0.25) is 0 Å². The first-order valence-electron chi connectivity index (χ1n) is 15.6. The van der Waals surface area contributed by atoms with Crippen LogP contribution in [0, 0.1) is 6.57 Å². The van der Waals surface area contributed by atoms with Gasteiger partial charge in [-0.05, 0) is 6.92 Å². The Morgan fingerprint density at radius 1 is 0.692 bits per heavy atom. The zero-order valence-electron chi connectivity index (χ0n) is 28.2. The van der Waals surface area contributed by atoms with E-state index >= 15 is 0 Å². The van der Waals surface area contributed by atoms with Crippen LogP contribution in [0.3, 0.4) is 0 Å². The molecule has 6 rings (SSSR count). The molecule has 0 aliphatic carbocycles. The Morgan fingerprint density at radius 3 is 1.56 bits per heavy atom. The maximum absolute atomic E-state index is 11.1. The molecule has 0 saturated carbocycles. The quantitative estimate of drug-likeness (QED) is 0.117. The Hall–Kier alpha value is -3.73. The third-order valence-corrected chi connectivity index (χ3v) is 8.97. The monoisotopic (exact) mass is 750 g/mol. The van der Waals surface area contributed by atoms with Crippen molar-refractivity contribution < 1.29 is 92.9 Å². The number of nitrogens with one attached hydrogen (secondary N) is 3. The van der Waals surface area contributed by atoms with Crippen LogP contribution in [-0.2, 0) is 57.2 Å². The van der Waals surface area contributed by atoms with Gasteiger partial charge in [0.05, 0.1) is 19.8 Å². The van der Waals surface area contributed by atoms with Crippen molar-refractivity contribution in [3.05, 3.63) is 11.4 Å². The lowest BCUT2D eigenvalue weighted by Crippen LogP contribution is -2.67. The molecule has 6 aliphatic heterocycles. The van der Waals surface area contributed by atoms with Crippen LogP contribution in [0.25, 0.3) is 4.85 Å². The average Bonchev–Trinajstić information content (AvgIpc) is 3.78. The van der Waals surface area contributed by atoms with E-state index in [0.717, 1.165) is 0 Å². The third-order valence-electron chi connectivity index (χ3n) is 8.97. The molecule has 292 valence electrons. The largest absolute Gasteiger partial charge is 0.479 e. The summed E-state index contributed by atoms with van der Waals surface area (Å²) in [5.41, 5.74) is -4.01. The Kier molecular flexibility index (Phi) is 13.9. The van der Waals surface area contributed by atoms with Crippen LogP contribution in [0.4, 0.5) is 0 Å². The summed E-state index contributed by atoms with van der Waals surface area (Å²) in [6, 6.07) is -2.52. The second kappa shape index (κ2) is 16.9. The number of carboxylic acids is 1. The molecule has 6 bridgehead atoms. The molecule has 10 N–H and O–H groups in total. The third kappa shape index (κ3) is 8.56. The van der Waals surface area contributed by atoms with E-state index in [0.29, 0.717) is 0 Å². The number of hydrogen-bond donors (Lipinski definition) is 10.